The molecule has 0 radical (unpaired) electrons. The predicted molar refractivity (Wildman–Crippen MR) is 137 cm³/mol. The van der Waals surface area contributed by atoms with Gasteiger partial charge in [0.25, 0.3) is 0 Å². The van der Waals surface area contributed by atoms with Crippen LogP contribution in [0.2, 0.25) is 0 Å². The molecule has 6 heteroatoms. The molecule has 1 aliphatic carbocycles. The first-order chi connectivity index (χ1) is 15.9. The second kappa shape index (κ2) is 11.6. The third-order valence-corrected chi connectivity index (χ3v) is 6.23. The Morgan fingerprint density at radius 1 is 1.21 bits per heavy atom. The van der Waals surface area contributed by atoms with Crippen LogP contribution in [0.4, 0.5) is 17.2 Å². The van der Waals surface area contributed by atoms with E-state index in [2.05, 4.69) is 48.1 Å². The normalized spacial score (nSPS) is 14.0. The van der Waals surface area contributed by atoms with E-state index < -0.39 is 0 Å². The molecular formula is C27H37N5O. The van der Waals surface area contributed by atoms with Crippen molar-refractivity contribution in [2.24, 2.45) is 11.8 Å². The molecule has 0 atom stereocenters. The van der Waals surface area contributed by atoms with E-state index in [0.717, 1.165) is 46.7 Å². The first-order valence-corrected chi connectivity index (χ1v) is 12.1. The zero-order valence-electron chi connectivity index (χ0n) is 20.4. The zero-order chi connectivity index (χ0) is 23.8. The van der Waals surface area contributed by atoms with Crippen LogP contribution in [0.5, 0.6) is 0 Å². The molecule has 33 heavy (non-hydrogen) atoms. The van der Waals surface area contributed by atoms with Crippen LogP contribution in [0, 0.1) is 18.8 Å². The Hall–Kier alpha value is -3.15. The van der Waals surface area contributed by atoms with Crippen LogP contribution < -0.4 is 10.6 Å². The topological polar surface area (TPSA) is 71.3 Å². The van der Waals surface area contributed by atoms with Gasteiger partial charge in [-0.05, 0) is 49.5 Å². The number of aromatic nitrogens is 3. The summed E-state index contributed by atoms with van der Waals surface area (Å²) in [6.45, 7) is 12.2. The second-order valence-electron chi connectivity index (χ2n) is 9.08. The zero-order valence-corrected chi connectivity index (χ0v) is 20.4. The number of nitrogens with zero attached hydrogens (tertiary/aromatic N) is 3. The lowest BCUT2D eigenvalue weighted by atomic mass is 9.82. The quantitative estimate of drug-likeness (QED) is 0.413. The summed E-state index contributed by atoms with van der Waals surface area (Å²) >= 11 is 0. The third kappa shape index (κ3) is 6.67. The van der Waals surface area contributed by atoms with Gasteiger partial charge in [-0.25, -0.2) is 4.98 Å². The summed E-state index contributed by atoms with van der Waals surface area (Å²) in [5.41, 5.74) is 4.42. The van der Waals surface area contributed by atoms with Gasteiger partial charge in [0.05, 0.1) is 6.20 Å². The Morgan fingerprint density at radius 2 is 1.94 bits per heavy atom. The number of nitrogens with one attached hydrogen (secondary N) is 2. The van der Waals surface area contributed by atoms with E-state index in [1.807, 2.05) is 43.5 Å². The van der Waals surface area contributed by atoms with Crippen molar-refractivity contribution in [1.82, 2.24) is 14.6 Å². The number of anilines is 3. The average Bonchev–Trinajstić information content (AvgIpc) is 3.23. The van der Waals surface area contributed by atoms with Crippen LogP contribution in [-0.2, 0) is 11.2 Å². The van der Waals surface area contributed by atoms with Gasteiger partial charge in [0.1, 0.15) is 5.82 Å². The molecule has 1 fully saturated rings. The van der Waals surface area contributed by atoms with Crippen LogP contribution in [0.3, 0.4) is 0 Å². The van der Waals surface area contributed by atoms with Crippen molar-refractivity contribution in [3.05, 3.63) is 60.4 Å². The number of carbonyl (C=O) groups excluding carboxylic acids is 1. The van der Waals surface area contributed by atoms with Gasteiger partial charge in [0.2, 0.25) is 5.91 Å². The van der Waals surface area contributed by atoms with E-state index in [0.29, 0.717) is 5.69 Å². The number of carbonyl (C=O) groups is 1. The van der Waals surface area contributed by atoms with Gasteiger partial charge in [0, 0.05) is 28.7 Å². The molecule has 3 aromatic rings. The summed E-state index contributed by atoms with van der Waals surface area (Å²) in [4.78, 5) is 16.0. The lowest BCUT2D eigenvalue weighted by Gasteiger charge is -2.24. The monoisotopic (exact) mass is 447 g/mol. The number of rotatable bonds is 6. The van der Waals surface area contributed by atoms with Crippen molar-refractivity contribution in [2.45, 2.75) is 66.2 Å². The van der Waals surface area contributed by atoms with Crippen molar-refractivity contribution in [1.29, 1.82) is 0 Å². The Bertz CT molecular complexity index is 1080. The molecular weight excluding hydrogens is 410 g/mol. The predicted octanol–water partition coefficient (Wildman–Crippen LogP) is 6.69. The molecule has 176 valence electrons. The van der Waals surface area contributed by atoms with Crippen LogP contribution in [0.25, 0.3) is 5.65 Å². The average molecular weight is 448 g/mol. The Kier molecular flexibility index (Phi) is 8.64. The maximum Gasteiger partial charge on any atom is 0.247 e. The lowest BCUT2D eigenvalue weighted by Crippen LogP contribution is -2.12. The van der Waals surface area contributed by atoms with E-state index >= 15 is 0 Å². The summed E-state index contributed by atoms with van der Waals surface area (Å²) in [6.07, 6.45) is 11.4. The van der Waals surface area contributed by atoms with Gasteiger partial charge in [-0.15, -0.1) is 0 Å². The van der Waals surface area contributed by atoms with Crippen molar-refractivity contribution >= 4 is 28.7 Å². The maximum atomic E-state index is 11.4. The number of aryl methyl sites for hydroxylation is 2. The SMILES string of the molecule is C=CC(=O)Nc1cccc(Nc2cc(C)nc3c(CC)cnn23)c1.CC(C)C1CCCCC1. The van der Waals surface area contributed by atoms with Gasteiger partial charge in [-0.2, -0.15) is 9.61 Å². The molecule has 2 N–H and O–H groups in total. The minimum atomic E-state index is -0.242. The fraction of sp³-hybridized carbons (Fsp3) is 0.444. The first kappa shape index (κ1) is 24.5. The number of hydrogen-bond acceptors (Lipinski definition) is 4. The maximum absolute atomic E-state index is 11.4. The molecule has 0 bridgehead atoms. The molecule has 4 rings (SSSR count). The molecule has 1 aliphatic rings. The van der Waals surface area contributed by atoms with Crippen LogP contribution in [-0.4, -0.2) is 20.5 Å². The highest BCUT2D eigenvalue weighted by Gasteiger charge is 2.15. The number of benzene rings is 1. The Morgan fingerprint density at radius 3 is 2.58 bits per heavy atom. The van der Waals surface area contributed by atoms with E-state index in [-0.39, 0.29) is 5.91 Å². The van der Waals surface area contributed by atoms with Gasteiger partial charge < -0.3 is 10.6 Å². The molecule has 0 spiro atoms. The van der Waals surface area contributed by atoms with Gasteiger partial charge >= 0.3 is 0 Å². The Labute approximate surface area is 197 Å². The van der Waals surface area contributed by atoms with Crippen molar-refractivity contribution in [2.75, 3.05) is 10.6 Å². The number of hydrogen-bond donors (Lipinski definition) is 2. The highest BCUT2D eigenvalue weighted by atomic mass is 16.1. The summed E-state index contributed by atoms with van der Waals surface area (Å²) in [7, 11) is 0. The largest absolute Gasteiger partial charge is 0.340 e. The minimum absolute atomic E-state index is 0.242. The minimum Gasteiger partial charge on any atom is -0.340 e. The second-order valence-corrected chi connectivity index (χ2v) is 9.08. The number of fused-ring (bicyclic) bond motifs is 1. The molecule has 1 aromatic carbocycles. The fourth-order valence-electron chi connectivity index (χ4n) is 4.28. The standard InChI is InChI=1S/C18H19N5O.C9H18/c1-4-13-11-19-23-16(9-12(3)20-18(13)23)21-14-7-6-8-15(10-14)22-17(24)5-2;1-8(2)9-6-4-3-5-7-9/h5-11,21H,2,4H2,1,3H3,(H,22,24);8-9H,3-7H2,1-2H3. The van der Waals surface area contributed by atoms with Crippen LogP contribution >= 0.6 is 0 Å². The summed E-state index contributed by atoms with van der Waals surface area (Å²) < 4.78 is 1.79. The molecule has 0 unspecified atom stereocenters. The van der Waals surface area contributed by atoms with Gasteiger partial charge in [-0.3, -0.25) is 4.79 Å². The van der Waals surface area contributed by atoms with Crippen molar-refractivity contribution < 1.29 is 4.79 Å². The van der Waals surface area contributed by atoms with Gasteiger partial charge in [-0.1, -0.05) is 65.5 Å². The summed E-state index contributed by atoms with van der Waals surface area (Å²) in [5.74, 6) is 2.57. The smallest absolute Gasteiger partial charge is 0.247 e. The molecule has 1 saturated carbocycles. The molecule has 1 amide bonds. The highest BCUT2D eigenvalue weighted by molar-refractivity contribution is 5.99. The first-order valence-electron chi connectivity index (χ1n) is 12.1. The molecule has 0 aliphatic heterocycles. The third-order valence-electron chi connectivity index (χ3n) is 6.23. The van der Waals surface area contributed by atoms with E-state index in [9.17, 15) is 4.79 Å². The van der Waals surface area contributed by atoms with E-state index in [1.54, 1.807) is 4.52 Å². The Balaban J connectivity index is 0.000000286. The molecule has 0 saturated heterocycles. The molecule has 6 nitrogen and oxygen atoms in total. The molecule has 2 aromatic heterocycles. The van der Waals surface area contributed by atoms with Gasteiger partial charge in [0.15, 0.2) is 5.65 Å². The summed E-state index contributed by atoms with van der Waals surface area (Å²) in [6, 6.07) is 9.41. The lowest BCUT2D eigenvalue weighted by molar-refractivity contribution is -0.111. The van der Waals surface area contributed by atoms with E-state index in [4.69, 9.17) is 0 Å². The summed E-state index contributed by atoms with van der Waals surface area (Å²) in [5, 5.41) is 10.5. The van der Waals surface area contributed by atoms with Crippen LogP contribution in [0.1, 0.15) is 64.1 Å². The number of amides is 1. The fourth-order valence-corrected chi connectivity index (χ4v) is 4.28. The highest BCUT2D eigenvalue weighted by Crippen LogP contribution is 2.29. The molecule has 2 heterocycles. The van der Waals surface area contributed by atoms with Crippen molar-refractivity contribution in [3.8, 4) is 0 Å². The van der Waals surface area contributed by atoms with E-state index in [1.165, 1.54) is 38.2 Å². The van der Waals surface area contributed by atoms with Crippen molar-refractivity contribution in [3.63, 3.8) is 0 Å². The van der Waals surface area contributed by atoms with Crippen LogP contribution in [0.15, 0.2) is 49.2 Å².